The first-order chi connectivity index (χ1) is 6.63. The van der Waals surface area contributed by atoms with Crippen LogP contribution in [0, 0.1) is 10.1 Å². The molecule has 0 bridgehead atoms. The van der Waals surface area contributed by atoms with Crippen molar-refractivity contribution in [1.82, 2.24) is 9.97 Å². The molecule has 0 aromatic carbocycles. The molecule has 1 unspecified atom stereocenters. The molecule has 0 aliphatic carbocycles. The van der Waals surface area contributed by atoms with E-state index >= 15 is 0 Å². The molecule has 0 amide bonds. The van der Waals surface area contributed by atoms with Crippen molar-refractivity contribution in [2.24, 2.45) is 0 Å². The number of aliphatic hydroxyl groups excluding tert-OH is 1. The molecule has 1 rings (SSSR count). The maximum Gasteiger partial charge on any atom is 0.305 e. The lowest BCUT2D eigenvalue weighted by atomic mass is 10.2. The molecule has 76 valence electrons. The van der Waals surface area contributed by atoms with Crippen LogP contribution in [0.2, 0.25) is 0 Å². The van der Waals surface area contributed by atoms with Gasteiger partial charge < -0.3 is 5.11 Å². The van der Waals surface area contributed by atoms with E-state index in [1.807, 2.05) is 6.92 Å². The molecular weight excluding hydrogens is 186 g/mol. The number of hydrogen-bond acceptors (Lipinski definition) is 5. The van der Waals surface area contributed by atoms with E-state index in [2.05, 4.69) is 9.97 Å². The minimum atomic E-state index is -0.556. The van der Waals surface area contributed by atoms with Gasteiger partial charge >= 0.3 is 5.69 Å². The van der Waals surface area contributed by atoms with Gasteiger partial charge in [-0.1, -0.05) is 6.92 Å². The molecule has 6 heteroatoms. The Bertz CT molecular complexity index is 312. The molecule has 0 spiro atoms. The average Bonchev–Trinajstić information content (AvgIpc) is 2.18. The van der Waals surface area contributed by atoms with Crippen molar-refractivity contribution in [3.8, 4) is 0 Å². The fourth-order valence-corrected chi connectivity index (χ4v) is 0.903. The maximum atomic E-state index is 10.3. The second-order valence-electron chi connectivity index (χ2n) is 2.88. The number of aromatic nitrogens is 2. The van der Waals surface area contributed by atoms with Gasteiger partial charge in [-0.3, -0.25) is 10.1 Å². The van der Waals surface area contributed by atoms with Gasteiger partial charge in [0.15, 0.2) is 0 Å². The third kappa shape index (κ3) is 2.74. The van der Waals surface area contributed by atoms with E-state index in [1.165, 1.54) is 0 Å². The van der Waals surface area contributed by atoms with E-state index in [-0.39, 0.29) is 5.69 Å². The summed E-state index contributed by atoms with van der Waals surface area (Å²) in [5.74, 6) is 0.421. The Labute approximate surface area is 80.8 Å². The molecule has 1 aromatic rings. The molecule has 0 aliphatic rings. The minimum absolute atomic E-state index is 0.139. The zero-order valence-electron chi connectivity index (χ0n) is 7.75. The standard InChI is InChI=1S/C8H11N3O3/c1-2-7(12)3-8-9-4-6(5-10-8)11(13)14/h4-5,7,12H,2-3H2,1H3. The lowest BCUT2D eigenvalue weighted by Crippen LogP contribution is -2.11. The van der Waals surface area contributed by atoms with Crippen LogP contribution in [0.1, 0.15) is 19.2 Å². The Morgan fingerprint density at radius 2 is 2.14 bits per heavy atom. The van der Waals surface area contributed by atoms with Crippen molar-refractivity contribution in [2.75, 3.05) is 0 Å². The van der Waals surface area contributed by atoms with Crippen LogP contribution in [0.25, 0.3) is 0 Å². The lowest BCUT2D eigenvalue weighted by molar-refractivity contribution is -0.385. The highest BCUT2D eigenvalue weighted by Gasteiger charge is 2.09. The summed E-state index contributed by atoms with van der Waals surface area (Å²) in [5, 5.41) is 19.5. The number of nitro groups is 1. The van der Waals surface area contributed by atoms with Crippen LogP contribution in [0.4, 0.5) is 5.69 Å². The second-order valence-corrected chi connectivity index (χ2v) is 2.88. The summed E-state index contributed by atoms with van der Waals surface area (Å²) < 4.78 is 0. The first-order valence-corrected chi connectivity index (χ1v) is 4.27. The van der Waals surface area contributed by atoms with Gasteiger partial charge in [0.05, 0.1) is 11.0 Å². The van der Waals surface area contributed by atoms with Gasteiger partial charge in [-0.2, -0.15) is 0 Å². The quantitative estimate of drug-likeness (QED) is 0.566. The van der Waals surface area contributed by atoms with Crippen LogP contribution in [0.5, 0.6) is 0 Å². The van der Waals surface area contributed by atoms with Crippen LogP contribution in [-0.2, 0) is 6.42 Å². The molecular formula is C8H11N3O3. The number of aliphatic hydroxyl groups is 1. The van der Waals surface area contributed by atoms with E-state index in [4.69, 9.17) is 0 Å². The summed E-state index contributed by atoms with van der Waals surface area (Å²) in [4.78, 5) is 17.3. The fourth-order valence-electron chi connectivity index (χ4n) is 0.903. The summed E-state index contributed by atoms with van der Waals surface area (Å²) in [6, 6.07) is 0. The first kappa shape index (κ1) is 10.5. The van der Waals surface area contributed by atoms with E-state index in [1.54, 1.807) is 0 Å². The molecule has 0 saturated carbocycles. The predicted molar refractivity (Wildman–Crippen MR) is 48.7 cm³/mol. The van der Waals surface area contributed by atoms with Gasteiger partial charge in [0, 0.05) is 6.42 Å². The Hall–Kier alpha value is -1.56. The van der Waals surface area contributed by atoms with Crippen molar-refractivity contribution in [3.63, 3.8) is 0 Å². The molecule has 14 heavy (non-hydrogen) atoms. The molecule has 0 saturated heterocycles. The van der Waals surface area contributed by atoms with Crippen molar-refractivity contribution in [2.45, 2.75) is 25.9 Å². The first-order valence-electron chi connectivity index (χ1n) is 4.27. The minimum Gasteiger partial charge on any atom is -0.393 e. The van der Waals surface area contributed by atoms with Crippen molar-refractivity contribution < 1.29 is 10.0 Å². The van der Waals surface area contributed by atoms with E-state index < -0.39 is 11.0 Å². The lowest BCUT2D eigenvalue weighted by Gasteiger charge is -2.04. The Morgan fingerprint density at radius 1 is 1.57 bits per heavy atom. The molecule has 0 fully saturated rings. The van der Waals surface area contributed by atoms with Crippen molar-refractivity contribution >= 4 is 5.69 Å². The summed E-state index contributed by atoms with van der Waals surface area (Å²) in [6.07, 6.45) is 2.74. The average molecular weight is 197 g/mol. The third-order valence-electron chi connectivity index (χ3n) is 1.79. The molecule has 1 N–H and O–H groups in total. The normalized spacial score (nSPS) is 12.4. The Kier molecular flexibility index (Phi) is 3.47. The molecule has 1 heterocycles. The topological polar surface area (TPSA) is 89.2 Å². The SMILES string of the molecule is CCC(O)Cc1ncc([N+](=O)[O-])cn1. The largest absolute Gasteiger partial charge is 0.393 e. The van der Waals surface area contributed by atoms with E-state index in [0.29, 0.717) is 18.7 Å². The van der Waals surface area contributed by atoms with Crippen molar-refractivity contribution in [1.29, 1.82) is 0 Å². The van der Waals surface area contributed by atoms with Crippen LogP contribution < -0.4 is 0 Å². The molecule has 0 radical (unpaired) electrons. The molecule has 1 atom stereocenters. The Morgan fingerprint density at radius 3 is 2.57 bits per heavy atom. The third-order valence-corrected chi connectivity index (χ3v) is 1.79. The summed E-state index contributed by atoms with van der Waals surface area (Å²) >= 11 is 0. The zero-order valence-corrected chi connectivity index (χ0v) is 7.75. The number of rotatable bonds is 4. The van der Waals surface area contributed by atoms with E-state index in [9.17, 15) is 15.2 Å². The Balaban J connectivity index is 2.68. The van der Waals surface area contributed by atoms with Crippen LogP contribution in [0.15, 0.2) is 12.4 Å². The summed E-state index contributed by atoms with van der Waals surface area (Å²) in [5.41, 5.74) is -0.139. The molecule has 1 aromatic heterocycles. The van der Waals surface area contributed by atoms with Gasteiger partial charge in [0.2, 0.25) is 0 Å². The smallest absolute Gasteiger partial charge is 0.305 e. The van der Waals surface area contributed by atoms with E-state index in [0.717, 1.165) is 12.4 Å². The van der Waals surface area contributed by atoms with Crippen LogP contribution in [0.3, 0.4) is 0 Å². The summed E-state index contributed by atoms with van der Waals surface area (Å²) in [6.45, 7) is 1.84. The highest BCUT2D eigenvalue weighted by molar-refractivity contribution is 5.20. The summed E-state index contributed by atoms with van der Waals surface area (Å²) in [7, 11) is 0. The van der Waals surface area contributed by atoms with Gasteiger partial charge in [-0.25, -0.2) is 9.97 Å². The van der Waals surface area contributed by atoms with Gasteiger partial charge in [-0.15, -0.1) is 0 Å². The maximum absolute atomic E-state index is 10.3. The van der Waals surface area contributed by atoms with Crippen molar-refractivity contribution in [3.05, 3.63) is 28.3 Å². The monoisotopic (exact) mass is 197 g/mol. The second kappa shape index (κ2) is 4.61. The van der Waals surface area contributed by atoms with Gasteiger partial charge in [-0.05, 0) is 6.42 Å². The van der Waals surface area contributed by atoms with Gasteiger partial charge in [0.25, 0.3) is 0 Å². The zero-order chi connectivity index (χ0) is 10.6. The highest BCUT2D eigenvalue weighted by Crippen LogP contribution is 2.07. The van der Waals surface area contributed by atoms with Gasteiger partial charge in [0.1, 0.15) is 18.2 Å². The highest BCUT2D eigenvalue weighted by atomic mass is 16.6. The number of hydrogen-bond donors (Lipinski definition) is 1. The number of nitrogens with zero attached hydrogens (tertiary/aromatic N) is 3. The molecule has 0 aliphatic heterocycles. The predicted octanol–water partition coefficient (Wildman–Crippen LogP) is 0.698. The fraction of sp³-hybridized carbons (Fsp3) is 0.500. The van der Waals surface area contributed by atoms with Crippen LogP contribution >= 0.6 is 0 Å². The van der Waals surface area contributed by atoms with Crippen LogP contribution in [-0.4, -0.2) is 26.1 Å². The molecule has 6 nitrogen and oxygen atoms in total.